The summed E-state index contributed by atoms with van der Waals surface area (Å²) in [6.07, 6.45) is 0. The third-order valence-electron chi connectivity index (χ3n) is 8.97. The van der Waals surface area contributed by atoms with Crippen molar-refractivity contribution in [1.29, 1.82) is 0 Å². The molecule has 6 heteroatoms. The Labute approximate surface area is 334 Å². The van der Waals surface area contributed by atoms with Gasteiger partial charge in [-0.1, -0.05) is 127 Å². The maximum Gasteiger partial charge on any atom is 3.00 e. The molecule has 0 bridgehead atoms. The predicted octanol–water partition coefficient (Wildman–Crippen LogP) is 10.1. The number of hydrogen-bond acceptors (Lipinski definition) is 5. The summed E-state index contributed by atoms with van der Waals surface area (Å²) in [7, 11) is 0. The van der Waals surface area contributed by atoms with Gasteiger partial charge in [0.15, 0.2) is 0 Å². The van der Waals surface area contributed by atoms with E-state index in [0.29, 0.717) is 38.8 Å². The minimum absolute atomic E-state index is 0. The van der Waals surface area contributed by atoms with Crippen LogP contribution in [-0.2, 0) is 18.0 Å². The Balaban J connectivity index is 0.00000146. The molecule has 0 unspecified atom stereocenters. The second-order valence-electron chi connectivity index (χ2n) is 11.8. The molecule has 8 aromatic rings. The number of rotatable bonds is 6. The first-order valence-corrected chi connectivity index (χ1v) is 15.4. The van der Waals surface area contributed by atoms with Gasteiger partial charge in [-0.3, -0.25) is 0 Å². The van der Waals surface area contributed by atoms with Crippen molar-refractivity contribution in [1.82, 2.24) is 0 Å². The molecule has 52 heavy (non-hydrogen) atoms. The van der Waals surface area contributed by atoms with Crippen LogP contribution in [0.25, 0.3) is 65.3 Å². The second-order valence-corrected chi connectivity index (χ2v) is 11.8. The fourth-order valence-electron chi connectivity index (χ4n) is 6.79. The largest absolute Gasteiger partial charge is 3.00 e. The van der Waals surface area contributed by atoms with Gasteiger partial charge in [-0.15, -0.1) is 5.75 Å². The van der Waals surface area contributed by atoms with Crippen LogP contribution in [0.2, 0.25) is 0 Å². The van der Waals surface area contributed by atoms with E-state index in [0.717, 1.165) is 37.7 Å². The molecule has 0 spiro atoms. The van der Waals surface area contributed by atoms with Gasteiger partial charge in [-0.05, 0) is 89.1 Å². The molecule has 0 heterocycles. The fourth-order valence-corrected chi connectivity index (χ4v) is 6.79. The van der Waals surface area contributed by atoms with Gasteiger partial charge >= 0.3 is 35.6 Å². The third-order valence-corrected chi connectivity index (χ3v) is 8.97. The quantitative estimate of drug-likeness (QED) is 0.169. The second kappa shape index (κ2) is 17.0. The molecule has 8 rings (SSSR count). The summed E-state index contributed by atoms with van der Waals surface area (Å²) in [6, 6.07) is 40.7. The van der Waals surface area contributed by atoms with Gasteiger partial charge in [-0.2, -0.15) is 0 Å². The first-order valence-electron chi connectivity index (χ1n) is 15.4. The number of benzene rings is 8. The van der Waals surface area contributed by atoms with E-state index in [-0.39, 0.29) is 102 Å². The zero-order valence-corrected chi connectivity index (χ0v) is 33.4. The predicted molar refractivity (Wildman–Crippen MR) is 208 cm³/mol. The molecular weight excluding hydrogens is 771 g/mol. The first kappa shape index (κ1) is 41.4. The van der Waals surface area contributed by atoms with Gasteiger partial charge in [0.25, 0.3) is 0 Å². The fraction of sp³-hybridized carbons (Fsp3) is 0.0435. The van der Waals surface area contributed by atoms with E-state index in [4.69, 9.17) is 4.74 Å². The SMILES string of the molecule is [CH3+].[CH3-].[CH3-].[CH3-].[La+3].[O-]c1ccc2ccccc2c1-c1c([O-])c(COCc2cc3ccccc3c(-c3c(O)ccc4ccccc34)c2[O-])cc2ccccc12. The number of fused-ring (bicyclic) bond motifs is 4. The van der Waals surface area contributed by atoms with E-state index in [9.17, 15) is 20.4 Å². The molecular formula is C46H39LaO5-2. The minimum atomic E-state index is -0.278. The van der Waals surface area contributed by atoms with Crippen LogP contribution < -0.4 is 15.3 Å². The van der Waals surface area contributed by atoms with E-state index in [1.165, 1.54) is 6.07 Å². The van der Waals surface area contributed by atoms with Crippen molar-refractivity contribution in [3.8, 4) is 45.3 Å². The van der Waals surface area contributed by atoms with E-state index in [1.54, 1.807) is 18.2 Å². The zero-order valence-electron chi connectivity index (χ0n) is 29.8. The van der Waals surface area contributed by atoms with Crippen molar-refractivity contribution in [2.75, 3.05) is 0 Å². The normalized spacial score (nSPS) is 10.5. The zero-order chi connectivity index (χ0) is 32.1. The summed E-state index contributed by atoms with van der Waals surface area (Å²) < 4.78 is 6.14. The molecule has 258 valence electrons. The molecule has 0 atom stereocenters. The summed E-state index contributed by atoms with van der Waals surface area (Å²) >= 11 is 0. The summed E-state index contributed by atoms with van der Waals surface area (Å²) in [5, 5.41) is 59.1. The van der Waals surface area contributed by atoms with E-state index in [1.807, 2.05) is 109 Å². The van der Waals surface area contributed by atoms with Crippen molar-refractivity contribution < 1.29 is 60.8 Å². The molecule has 8 aromatic carbocycles. The third kappa shape index (κ3) is 7.08. The van der Waals surface area contributed by atoms with Crippen molar-refractivity contribution in [2.45, 2.75) is 13.2 Å². The number of aromatic hydroxyl groups is 1. The Morgan fingerprint density at radius 1 is 0.442 bits per heavy atom. The Bertz CT molecular complexity index is 2330. The van der Waals surface area contributed by atoms with Crippen LogP contribution in [0, 0.1) is 65.3 Å². The van der Waals surface area contributed by atoms with Crippen LogP contribution >= 0.6 is 0 Å². The van der Waals surface area contributed by atoms with Crippen molar-refractivity contribution in [2.24, 2.45) is 0 Å². The molecule has 0 saturated heterocycles. The molecule has 0 aliphatic rings. The molecule has 0 radical (unpaired) electrons. The van der Waals surface area contributed by atoms with Crippen LogP contribution in [0.15, 0.2) is 133 Å². The van der Waals surface area contributed by atoms with Crippen molar-refractivity contribution >= 4 is 43.1 Å². The number of phenols is 1. The van der Waals surface area contributed by atoms with Crippen LogP contribution in [0.3, 0.4) is 0 Å². The molecule has 0 aliphatic heterocycles. The number of hydrogen-bond donors (Lipinski definition) is 1. The van der Waals surface area contributed by atoms with E-state index in [2.05, 4.69) is 0 Å². The summed E-state index contributed by atoms with van der Waals surface area (Å²) in [6.45, 7) is -0.110. The molecule has 5 nitrogen and oxygen atoms in total. The van der Waals surface area contributed by atoms with Gasteiger partial charge in [0.2, 0.25) is 0 Å². The topological polar surface area (TPSA) is 98.6 Å². The van der Waals surface area contributed by atoms with Crippen LogP contribution in [-0.4, -0.2) is 5.11 Å². The maximum absolute atomic E-state index is 14.2. The Hall–Kier alpha value is -4.98. The summed E-state index contributed by atoms with van der Waals surface area (Å²) in [5.74, 6) is -0.724. The van der Waals surface area contributed by atoms with E-state index >= 15 is 0 Å². The van der Waals surface area contributed by atoms with Gasteiger partial charge in [0.05, 0.1) is 13.2 Å². The molecule has 0 aliphatic carbocycles. The van der Waals surface area contributed by atoms with Crippen molar-refractivity contribution in [3.05, 3.63) is 174 Å². The monoisotopic (exact) mass is 810 g/mol. The Kier molecular flexibility index (Phi) is 13.6. The molecule has 0 saturated carbocycles. The molecule has 1 N–H and O–H groups in total. The molecule has 0 fully saturated rings. The smallest absolute Gasteiger partial charge is 0.872 e. The van der Waals surface area contributed by atoms with E-state index < -0.39 is 0 Å². The maximum atomic E-state index is 14.2. The van der Waals surface area contributed by atoms with Gasteiger partial charge in [0, 0.05) is 13.0 Å². The molecule has 0 amide bonds. The van der Waals surface area contributed by atoms with Gasteiger partial charge < -0.3 is 47.4 Å². The summed E-state index contributed by atoms with van der Waals surface area (Å²) in [4.78, 5) is 0. The minimum Gasteiger partial charge on any atom is -0.872 e. The van der Waals surface area contributed by atoms with Crippen LogP contribution in [0.5, 0.6) is 23.0 Å². The first-order chi connectivity index (χ1) is 23.0. The van der Waals surface area contributed by atoms with Crippen LogP contribution in [0.4, 0.5) is 0 Å². The Morgan fingerprint density at radius 2 is 0.808 bits per heavy atom. The van der Waals surface area contributed by atoms with Crippen molar-refractivity contribution in [3.63, 3.8) is 0 Å². The van der Waals surface area contributed by atoms with Gasteiger partial charge in [0.1, 0.15) is 5.75 Å². The number of ether oxygens (including phenoxy) is 1. The Morgan fingerprint density at radius 3 is 1.29 bits per heavy atom. The average molecular weight is 811 g/mol. The number of phenolic OH excluding ortho intramolecular Hbond substituents is 1. The summed E-state index contributed by atoms with van der Waals surface area (Å²) in [5.41, 5.74) is 2.43. The van der Waals surface area contributed by atoms with Crippen LogP contribution in [0.1, 0.15) is 11.1 Å². The van der Waals surface area contributed by atoms with Gasteiger partial charge in [-0.25, -0.2) is 0 Å². The molecule has 0 aromatic heterocycles. The standard InChI is InChI=1S/C42H30O5.4CH3.La/c43-35-19-17-25-9-1-5-13-31(25)37(35)39-33-15-7-3-11-27(33)21-29(41(39)45)23-47-24-30-22-28-12-4-8-16-34(28)40(42(30)46)38-32-14-6-2-10-26(32)18-20-36(38)44;;;;;/h1-22,43-46H,23-24H2;4*1H3;/q;3*-1;+1;+3/p-3. The average Bonchev–Trinajstić information content (AvgIpc) is 3.10.